The molecule has 0 saturated carbocycles. The molecule has 0 unspecified atom stereocenters. The highest BCUT2D eigenvalue weighted by atomic mass is 35.5. The number of rotatable bonds is 5. The van der Waals surface area contributed by atoms with Crippen molar-refractivity contribution in [2.24, 2.45) is 0 Å². The van der Waals surface area contributed by atoms with Gasteiger partial charge < -0.3 is 10.1 Å². The molecule has 2 rings (SSSR count). The van der Waals surface area contributed by atoms with Crippen molar-refractivity contribution in [3.05, 3.63) is 51.1 Å². The van der Waals surface area contributed by atoms with Gasteiger partial charge in [-0.1, -0.05) is 41.7 Å². The van der Waals surface area contributed by atoms with Crippen molar-refractivity contribution in [3.8, 4) is 11.6 Å². The smallest absolute Gasteiger partial charge is 0.238 e. The molecule has 1 heterocycles. The van der Waals surface area contributed by atoms with Gasteiger partial charge in [-0.25, -0.2) is 4.98 Å². The monoisotopic (exact) mass is 330 g/mol. The topological polar surface area (TPSA) is 34.2 Å². The number of hydrogen-bond acceptors (Lipinski definition) is 3. The van der Waals surface area contributed by atoms with E-state index >= 15 is 0 Å². The van der Waals surface area contributed by atoms with Crippen LogP contribution in [0.5, 0.6) is 11.6 Å². The van der Waals surface area contributed by atoms with Crippen molar-refractivity contribution in [2.75, 3.05) is 6.54 Å². The second-order valence-electron chi connectivity index (χ2n) is 4.09. The Hall–Kier alpha value is -1.000. The van der Waals surface area contributed by atoms with Crippen molar-refractivity contribution >= 4 is 34.8 Å². The predicted octanol–water partition coefficient (Wildman–Crippen LogP) is 4.94. The highest BCUT2D eigenvalue weighted by Crippen LogP contribution is 2.33. The highest BCUT2D eigenvalue weighted by Gasteiger charge is 2.09. The molecule has 0 atom stereocenters. The van der Waals surface area contributed by atoms with Crippen LogP contribution in [0.25, 0.3) is 0 Å². The van der Waals surface area contributed by atoms with Crippen LogP contribution in [-0.2, 0) is 6.54 Å². The Labute approximate surface area is 132 Å². The van der Waals surface area contributed by atoms with Gasteiger partial charge in [0.05, 0.1) is 5.02 Å². The lowest BCUT2D eigenvalue weighted by molar-refractivity contribution is 0.463. The third-order valence-corrected chi connectivity index (χ3v) is 3.34. The maximum atomic E-state index is 6.16. The molecule has 0 saturated heterocycles. The molecule has 6 heteroatoms. The molecule has 2 aromatic rings. The van der Waals surface area contributed by atoms with Crippen LogP contribution in [0.15, 0.2) is 30.5 Å². The van der Waals surface area contributed by atoms with Crippen molar-refractivity contribution in [1.82, 2.24) is 10.3 Å². The Kier molecular flexibility index (Phi) is 5.49. The lowest BCUT2D eigenvalue weighted by Gasteiger charge is -2.09. The first-order valence-electron chi connectivity index (χ1n) is 6.08. The molecular weight excluding hydrogens is 319 g/mol. The van der Waals surface area contributed by atoms with E-state index in [4.69, 9.17) is 39.5 Å². The summed E-state index contributed by atoms with van der Waals surface area (Å²) in [7, 11) is 0. The van der Waals surface area contributed by atoms with E-state index in [0.29, 0.717) is 33.2 Å². The SMILES string of the molecule is CCNCc1cnc(Oc2ccc(Cl)cc2Cl)c(Cl)c1. The zero-order valence-electron chi connectivity index (χ0n) is 10.8. The third-order valence-electron chi connectivity index (χ3n) is 2.54. The fourth-order valence-electron chi connectivity index (χ4n) is 1.57. The molecule has 0 amide bonds. The van der Waals surface area contributed by atoms with Gasteiger partial charge in [-0.15, -0.1) is 0 Å². The summed E-state index contributed by atoms with van der Waals surface area (Å²) in [6.07, 6.45) is 1.72. The van der Waals surface area contributed by atoms with Gasteiger partial charge in [0, 0.05) is 17.8 Å². The summed E-state index contributed by atoms with van der Waals surface area (Å²) >= 11 is 18.0. The maximum Gasteiger partial charge on any atom is 0.238 e. The Balaban J connectivity index is 2.17. The molecule has 0 aliphatic carbocycles. The molecule has 106 valence electrons. The summed E-state index contributed by atoms with van der Waals surface area (Å²) in [5, 5.41) is 4.59. The third kappa shape index (κ3) is 4.00. The van der Waals surface area contributed by atoms with Gasteiger partial charge in [0.15, 0.2) is 0 Å². The summed E-state index contributed by atoms with van der Waals surface area (Å²) in [5.41, 5.74) is 0.992. The minimum Gasteiger partial charge on any atom is -0.436 e. The first kappa shape index (κ1) is 15.4. The van der Waals surface area contributed by atoms with E-state index in [2.05, 4.69) is 10.3 Å². The number of hydrogen-bond donors (Lipinski definition) is 1. The minimum absolute atomic E-state index is 0.316. The zero-order valence-corrected chi connectivity index (χ0v) is 13.1. The Bertz CT molecular complexity index is 605. The van der Waals surface area contributed by atoms with Gasteiger partial charge in [-0.2, -0.15) is 0 Å². The number of aromatic nitrogens is 1. The van der Waals surface area contributed by atoms with Crippen molar-refractivity contribution < 1.29 is 4.74 Å². The van der Waals surface area contributed by atoms with Crippen LogP contribution in [0, 0.1) is 0 Å². The van der Waals surface area contributed by atoms with Gasteiger partial charge in [0.2, 0.25) is 5.88 Å². The zero-order chi connectivity index (χ0) is 14.5. The van der Waals surface area contributed by atoms with Crippen LogP contribution in [-0.4, -0.2) is 11.5 Å². The van der Waals surface area contributed by atoms with Gasteiger partial charge >= 0.3 is 0 Å². The molecule has 1 N–H and O–H groups in total. The molecule has 0 fully saturated rings. The molecule has 0 radical (unpaired) electrons. The highest BCUT2D eigenvalue weighted by molar-refractivity contribution is 6.35. The number of ether oxygens (including phenoxy) is 1. The molecule has 0 spiro atoms. The average Bonchev–Trinajstić information content (AvgIpc) is 2.42. The summed E-state index contributed by atoms with van der Waals surface area (Å²) in [6.45, 7) is 3.64. The molecule has 3 nitrogen and oxygen atoms in total. The lowest BCUT2D eigenvalue weighted by Crippen LogP contribution is -2.11. The van der Waals surface area contributed by atoms with Gasteiger partial charge in [-0.05, 0) is 36.4 Å². The first-order chi connectivity index (χ1) is 9.60. The molecule has 0 aliphatic rings. The van der Waals surface area contributed by atoms with Crippen LogP contribution >= 0.6 is 34.8 Å². The second-order valence-corrected chi connectivity index (χ2v) is 5.34. The molecule has 0 bridgehead atoms. The fraction of sp³-hybridized carbons (Fsp3) is 0.214. The van der Waals surface area contributed by atoms with Crippen molar-refractivity contribution in [3.63, 3.8) is 0 Å². The number of halogens is 3. The first-order valence-corrected chi connectivity index (χ1v) is 7.21. The van der Waals surface area contributed by atoms with Gasteiger partial charge in [0.25, 0.3) is 0 Å². The average molecular weight is 332 g/mol. The normalized spacial score (nSPS) is 10.6. The number of nitrogens with zero attached hydrogens (tertiary/aromatic N) is 1. The standard InChI is InChI=1S/C14H13Cl3N2O/c1-2-18-7-9-5-12(17)14(19-8-9)20-13-4-3-10(15)6-11(13)16/h3-6,8,18H,2,7H2,1H3. The number of benzene rings is 1. The molecule has 0 aliphatic heterocycles. The van der Waals surface area contributed by atoms with E-state index in [1.165, 1.54) is 0 Å². The number of pyridine rings is 1. The quantitative estimate of drug-likeness (QED) is 0.842. The van der Waals surface area contributed by atoms with E-state index in [1.54, 1.807) is 24.4 Å². The van der Waals surface area contributed by atoms with Crippen molar-refractivity contribution in [2.45, 2.75) is 13.5 Å². The van der Waals surface area contributed by atoms with E-state index in [9.17, 15) is 0 Å². The van der Waals surface area contributed by atoms with E-state index in [0.717, 1.165) is 12.1 Å². The maximum absolute atomic E-state index is 6.16. The summed E-state index contributed by atoms with van der Waals surface area (Å²) in [5.74, 6) is 0.779. The second kappa shape index (κ2) is 7.14. The molecule has 20 heavy (non-hydrogen) atoms. The van der Waals surface area contributed by atoms with Gasteiger partial charge in [-0.3, -0.25) is 0 Å². The van der Waals surface area contributed by atoms with E-state index < -0.39 is 0 Å². The Morgan fingerprint density at radius 2 is 1.95 bits per heavy atom. The Morgan fingerprint density at radius 3 is 2.60 bits per heavy atom. The molecule has 1 aromatic heterocycles. The number of nitrogens with one attached hydrogen (secondary N) is 1. The van der Waals surface area contributed by atoms with Crippen LogP contribution in [0.2, 0.25) is 15.1 Å². The van der Waals surface area contributed by atoms with Crippen LogP contribution < -0.4 is 10.1 Å². The predicted molar refractivity (Wildman–Crippen MR) is 83.2 cm³/mol. The summed E-state index contributed by atoms with van der Waals surface area (Å²) in [6, 6.07) is 6.79. The van der Waals surface area contributed by atoms with E-state index in [1.807, 2.05) is 13.0 Å². The summed E-state index contributed by atoms with van der Waals surface area (Å²) < 4.78 is 5.60. The molecular formula is C14H13Cl3N2O. The van der Waals surface area contributed by atoms with E-state index in [-0.39, 0.29) is 0 Å². The van der Waals surface area contributed by atoms with Crippen molar-refractivity contribution in [1.29, 1.82) is 0 Å². The van der Waals surface area contributed by atoms with Crippen LogP contribution in [0.4, 0.5) is 0 Å². The van der Waals surface area contributed by atoms with Gasteiger partial charge in [0.1, 0.15) is 10.8 Å². The Morgan fingerprint density at radius 1 is 1.15 bits per heavy atom. The largest absolute Gasteiger partial charge is 0.436 e. The lowest BCUT2D eigenvalue weighted by atomic mass is 10.3. The van der Waals surface area contributed by atoms with Crippen LogP contribution in [0.3, 0.4) is 0 Å². The molecule has 1 aromatic carbocycles. The fourth-order valence-corrected chi connectivity index (χ4v) is 2.24. The minimum atomic E-state index is 0.316. The van der Waals surface area contributed by atoms with Crippen LogP contribution in [0.1, 0.15) is 12.5 Å². The summed E-state index contributed by atoms with van der Waals surface area (Å²) in [4.78, 5) is 4.20.